The molecule has 0 bridgehead atoms. The molecule has 0 unspecified atom stereocenters. The number of hydrogen-bond donors (Lipinski definition) is 2. The molecule has 7 heteroatoms. The Kier molecular flexibility index (Phi) is 5.35. The zero-order valence-electron chi connectivity index (χ0n) is 16.5. The molecule has 0 fully saturated rings. The molecule has 28 heavy (non-hydrogen) atoms. The zero-order chi connectivity index (χ0) is 20.4. The van der Waals surface area contributed by atoms with Crippen LogP contribution in [0.5, 0.6) is 0 Å². The van der Waals surface area contributed by atoms with Crippen molar-refractivity contribution in [1.29, 1.82) is 0 Å². The summed E-state index contributed by atoms with van der Waals surface area (Å²) in [6, 6.07) is 10.6. The predicted molar refractivity (Wildman–Crippen MR) is 109 cm³/mol. The van der Waals surface area contributed by atoms with Gasteiger partial charge in [0.15, 0.2) is 0 Å². The van der Waals surface area contributed by atoms with E-state index in [1.165, 1.54) is 4.90 Å². The number of anilines is 2. The normalized spacial score (nSPS) is 12.6. The molecule has 2 aromatic carbocycles. The van der Waals surface area contributed by atoms with Crippen LogP contribution in [0.1, 0.15) is 27.0 Å². The first-order valence-corrected chi connectivity index (χ1v) is 9.02. The van der Waals surface area contributed by atoms with E-state index >= 15 is 0 Å². The highest BCUT2D eigenvalue weighted by molar-refractivity contribution is 6.01. The predicted octanol–water partition coefficient (Wildman–Crippen LogP) is 2.54. The number of likely N-dealkylation sites (N-methyl/N-ethyl adjacent to an activating group) is 1. The van der Waals surface area contributed by atoms with Crippen LogP contribution in [-0.2, 0) is 17.8 Å². The maximum absolute atomic E-state index is 12.2. The van der Waals surface area contributed by atoms with E-state index in [1.807, 2.05) is 25.1 Å². The Bertz CT molecular complexity index is 953. The summed E-state index contributed by atoms with van der Waals surface area (Å²) in [5.74, 6) is -0.00125. The lowest BCUT2D eigenvalue weighted by Gasteiger charge is -2.14. The molecule has 0 aromatic heterocycles. The smallest absolute Gasteiger partial charge is 0.319 e. The van der Waals surface area contributed by atoms with Crippen LogP contribution in [0.4, 0.5) is 16.2 Å². The number of carbonyl (C=O) groups excluding carboxylic acids is 3. The Morgan fingerprint density at radius 1 is 1.14 bits per heavy atom. The molecule has 7 nitrogen and oxygen atoms in total. The van der Waals surface area contributed by atoms with E-state index in [1.54, 1.807) is 44.2 Å². The van der Waals surface area contributed by atoms with Gasteiger partial charge >= 0.3 is 6.03 Å². The number of nitrogens with one attached hydrogen (secondary N) is 2. The van der Waals surface area contributed by atoms with Crippen LogP contribution in [-0.4, -0.2) is 43.9 Å². The molecule has 0 saturated heterocycles. The van der Waals surface area contributed by atoms with Gasteiger partial charge in [0.1, 0.15) is 0 Å². The van der Waals surface area contributed by atoms with Gasteiger partial charge in [0, 0.05) is 44.6 Å². The molecule has 0 saturated carbocycles. The van der Waals surface area contributed by atoms with Gasteiger partial charge in [-0.05, 0) is 47.9 Å². The topological polar surface area (TPSA) is 81.8 Å². The van der Waals surface area contributed by atoms with Gasteiger partial charge in [-0.25, -0.2) is 4.79 Å². The second-order valence-corrected chi connectivity index (χ2v) is 7.13. The lowest BCUT2D eigenvalue weighted by Crippen LogP contribution is -2.28. The molecule has 4 amide bonds. The van der Waals surface area contributed by atoms with E-state index in [0.717, 1.165) is 22.4 Å². The van der Waals surface area contributed by atoms with Crippen LogP contribution < -0.4 is 15.5 Å². The third-order valence-corrected chi connectivity index (χ3v) is 4.79. The Balaban J connectivity index is 1.59. The number of nitrogens with zero attached hydrogens (tertiary/aromatic N) is 2. The van der Waals surface area contributed by atoms with Crippen LogP contribution in [0.2, 0.25) is 0 Å². The summed E-state index contributed by atoms with van der Waals surface area (Å²) in [7, 11) is 5.17. The minimum absolute atomic E-state index is 0.0735. The molecule has 0 spiro atoms. The first kappa shape index (κ1) is 19.4. The highest BCUT2D eigenvalue weighted by Crippen LogP contribution is 2.28. The highest BCUT2D eigenvalue weighted by atomic mass is 16.2. The van der Waals surface area contributed by atoms with Crippen LogP contribution in [0.15, 0.2) is 36.4 Å². The molecule has 1 heterocycles. The third-order valence-electron chi connectivity index (χ3n) is 4.79. The lowest BCUT2D eigenvalue weighted by molar-refractivity contribution is -0.117. The monoisotopic (exact) mass is 380 g/mol. The standard InChI is InChI=1S/C21H24N4O3/c1-13-9-16(6-7-17(13)20(27)24(2)3)23-21(28)22-12-14-5-8-18-15(10-14)11-19(26)25(18)4/h5-10H,11-12H2,1-4H3,(H2,22,23,28). The minimum Gasteiger partial charge on any atom is -0.345 e. The summed E-state index contributed by atoms with van der Waals surface area (Å²) in [6.45, 7) is 2.19. The van der Waals surface area contributed by atoms with Crippen molar-refractivity contribution >= 4 is 29.2 Å². The summed E-state index contributed by atoms with van der Waals surface area (Å²) in [6.07, 6.45) is 0.392. The van der Waals surface area contributed by atoms with Gasteiger partial charge < -0.3 is 20.4 Å². The fourth-order valence-corrected chi connectivity index (χ4v) is 3.21. The Morgan fingerprint density at radius 3 is 2.57 bits per heavy atom. The molecule has 146 valence electrons. The molecule has 1 aliphatic rings. The van der Waals surface area contributed by atoms with Crippen molar-refractivity contribution in [2.24, 2.45) is 0 Å². The van der Waals surface area contributed by atoms with E-state index in [-0.39, 0.29) is 17.8 Å². The van der Waals surface area contributed by atoms with Crippen molar-refractivity contribution in [3.8, 4) is 0 Å². The van der Waals surface area contributed by atoms with Crippen molar-refractivity contribution in [2.45, 2.75) is 19.9 Å². The first-order valence-electron chi connectivity index (χ1n) is 9.02. The molecule has 0 atom stereocenters. The van der Waals surface area contributed by atoms with Gasteiger partial charge in [-0.3, -0.25) is 9.59 Å². The van der Waals surface area contributed by atoms with Gasteiger partial charge in [0.05, 0.1) is 6.42 Å². The van der Waals surface area contributed by atoms with Crippen molar-refractivity contribution in [2.75, 3.05) is 31.4 Å². The number of urea groups is 1. The van der Waals surface area contributed by atoms with Gasteiger partial charge in [-0.1, -0.05) is 12.1 Å². The average molecular weight is 380 g/mol. The number of hydrogen-bond acceptors (Lipinski definition) is 3. The molecular formula is C21H24N4O3. The molecule has 2 aromatic rings. The number of rotatable bonds is 4. The van der Waals surface area contributed by atoms with Crippen molar-refractivity contribution < 1.29 is 14.4 Å². The van der Waals surface area contributed by atoms with E-state index in [0.29, 0.717) is 24.2 Å². The maximum Gasteiger partial charge on any atom is 0.319 e. The number of carbonyl (C=O) groups is 3. The second kappa shape index (κ2) is 7.72. The quantitative estimate of drug-likeness (QED) is 0.855. The fraction of sp³-hybridized carbons (Fsp3) is 0.286. The summed E-state index contributed by atoms with van der Waals surface area (Å²) in [4.78, 5) is 39.2. The zero-order valence-corrected chi connectivity index (χ0v) is 16.5. The van der Waals surface area contributed by atoms with Crippen LogP contribution in [0.25, 0.3) is 0 Å². The van der Waals surface area contributed by atoms with Gasteiger partial charge in [-0.15, -0.1) is 0 Å². The first-order chi connectivity index (χ1) is 13.3. The number of aryl methyl sites for hydroxylation is 1. The summed E-state index contributed by atoms with van der Waals surface area (Å²) >= 11 is 0. The highest BCUT2D eigenvalue weighted by Gasteiger charge is 2.23. The lowest BCUT2D eigenvalue weighted by atomic mass is 10.1. The van der Waals surface area contributed by atoms with Gasteiger partial charge in [-0.2, -0.15) is 0 Å². The Hall–Kier alpha value is -3.35. The molecule has 0 radical (unpaired) electrons. The SMILES string of the molecule is Cc1cc(NC(=O)NCc2ccc3c(c2)CC(=O)N3C)ccc1C(=O)N(C)C. The van der Waals surface area contributed by atoms with E-state index in [4.69, 9.17) is 0 Å². The molecule has 3 rings (SSSR count). The van der Waals surface area contributed by atoms with Crippen molar-refractivity contribution in [3.05, 3.63) is 58.7 Å². The number of amides is 4. The van der Waals surface area contributed by atoms with Gasteiger partial charge in [0.25, 0.3) is 5.91 Å². The molecular weight excluding hydrogens is 356 g/mol. The van der Waals surface area contributed by atoms with Gasteiger partial charge in [0.2, 0.25) is 5.91 Å². The van der Waals surface area contributed by atoms with Crippen molar-refractivity contribution in [1.82, 2.24) is 10.2 Å². The summed E-state index contributed by atoms with van der Waals surface area (Å²) in [5.41, 5.74) is 4.84. The number of fused-ring (bicyclic) bond motifs is 1. The summed E-state index contributed by atoms with van der Waals surface area (Å²) in [5, 5.41) is 5.59. The van der Waals surface area contributed by atoms with E-state index in [9.17, 15) is 14.4 Å². The second-order valence-electron chi connectivity index (χ2n) is 7.13. The largest absolute Gasteiger partial charge is 0.345 e. The minimum atomic E-state index is -0.334. The fourth-order valence-electron chi connectivity index (χ4n) is 3.21. The maximum atomic E-state index is 12.2. The molecule has 2 N–H and O–H groups in total. The number of benzene rings is 2. The molecule has 0 aliphatic carbocycles. The van der Waals surface area contributed by atoms with Crippen LogP contribution in [0.3, 0.4) is 0 Å². The van der Waals surface area contributed by atoms with Crippen LogP contribution >= 0.6 is 0 Å². The van der Waals surface area contributed by atoms with E-state index < -0.39 is 0 Å². The third kappa shape index (κ3) is 3.98. The average Bonchev–Trinajstić information content (AvgIpc) is 2.93. The van der Waals surface area contributed by atoms with E-state index in [2.05, 4.69) is 10.6 Å². The molecule has 1 aliphatic heterocycles. The Morgan fingerprint density at radius 2 is 1.89 bits per heavy atom. The Labute approximate surface area is 164 Å². The van der Waals surface area contributed by atoms with Crippen molar-refractivity contribution in [3.63, 3.8) is 0 Å². The van der Waals surface area contributed by atoms with Crippen LogP contribution in [0, 0.1) is 6.92 Å². The summed E-state index contributed by atoms with van der Waals surface area (Å²) < 4.78 is 0.